The van der Waals surface area contributed by atoms with Crippen LogP contribution >= 0.6 is 0 Å². The van der Waals surface area contributed by atoms with Crippen LogP contribution in [-0.2, 0) is 9.53 Å². The molecule has 1 fully saturated rings. The van der Waals surface area contributed by atoms with Crippen molar-refractivity contribution in [2.45, 2.75) is 25.4 Å². The van der Waals surface area contributed by atoms with Crippen LogP contribution in [0.1, 0.15) is 19.8 Å². The first-order valence-electron chi connectivity index (χ1n) is 6.94. The molecule has 6 nitrogen and oxygen atoms in total. The fourth-order valence-electron chi connectivity index (χ4n) is 2.02. The molecule has 0 spiro atoms. The molecule has 0 radical (unpaired) electrons. The number of carbonyl (C=O) groups is 1. The topological polar surface area (TPSA) is 73.8 Å². The molecule has 0 aromatic carbocycles. The second kappa shape index (κ2) is 8.47. The van der Waals surface area contributed by atoms with Crippen molar-refractivity contribution < 1.29 is 14.6 Å². The number of nitrogens with zero attached hydrogens (tertiary/aromatic N) is 1. The fourth-order valence-corrected chi connectivity index (χ4v) is 2.02. The molecule has 0 aliphatic carbocycles. The number of rotatable bonds is 7. The SMILES string of the molecule is COCCC(C)(O)CNC(=O)CN1CCCNCC1. The molecule has 1 unspecified atom stereocenters. The monoisotopic (exact) mass is 273 g/mol. The number of methoxy groups -OCH3 is 1. The average molecular weight is 273 g/mol. The van der Waals surface area contributed by atoms with Crippen LogP contribution in [0.3, 0.4) is 0 Å². The molecule has 6 heteroatoms. The molecular weight excluding hydrogens is 246 g/mol. The Bertz CT molecular complexity index is 264. The Hall–Kier alpha value is -0.690. The Labute approximate surface area is 115 Å². The minimum Gasteiger partial charge on any atom is -0.388 e. The number of amides is 1. The largest absolute Gasteiger partial charge is 0.388 e. The first-order chi connectivity index (χ1) is 9.03. The summed E-state index contributed by atoms with van der Waals surface area (Å²) in [5.74, 6) is -0.0282. The molecule has 1 amide bonds. The molecule has 1 atom stereocenters. The van der Waals surface area contributed by atoms with Gasteiger partial charge in [0.25, 0.3) is 0 Å². The van der Waals surface area contributed by atoms with Crippen LogP contribution in [0.4, 0.5) is 0 Å². The van der Waals surface area contributed by atoms with E-state index >= 15 is 0 Å². The Morgan fingerprint density at radius 2 is 2.26 bits per heavy atom. The van der Waals surface area contributed by atoms with Crippen molar-refractivity contribution in [3.05, 3.63) is 0 Å². The van der Waals surface area contributed by atoms with Gasteiger partial charge in [0.1, 0.15) is 0 Å². The summed E-state index contributed by atoms with van der Waals surface area (Å²) in [5, 5.41) is 16.1. The van der Waals surface area contributed by atoms with Gasteiger partial charge in [-0.2, -0.15) is 0 Å². The fraction of sp³-hybridized carbons (Fsp3) is 0.923. The van der Waals surface area contributed by atoms with E-state index in [0.29, 0.717) is 19.6 Å². The lowest BCUT2D eigenvalue weighted by molar-refractivity contribution is -0.123. The molecule has 19 heavy (non-hydrogen) atoms. The summed E-state index contributed by atoms with van der Waals surface area (Å²) in [6.07, 6.45) is 1.58. The maximum absolute atomic E-state index is 11.8. The highest BCUT2D eigenvalue weighted by atomic mass is 16.5. The second-order valence-corrected chi connectivity index (χ2v) is 5.40. The zero-order valence-electron chi connectivity index (χ0n) is 12.1. The lowest BCUT2D eigenvalue weighted by Crippen LogP contribution is -2.45. The van der Waals surface area contributed by atoms with Crippen molar-refractivity contribution in [2.75, 3.05) is 53.0 Å². The van der Waals surface area contributed by atoms with Gasteiger partial charge in [0.05, 0.1) is 12.1 Å². The molecule has 0 aromatic rings. The van der Waals surface area contributed by atoms with Crippen LogP contribution in [0.15, 0.2) is 0 Å². The standard InChI is InChI=1S/C13H27N3O3/c1-13(18,4-9-19-2)11-15-12(17)10-16-7-3-5-14-6-8-16/h14,18H,3-11H2,1-2H3,(H,15,17). The van der Waals surface area contributed by atoms with Crippen molar-refractivity contribution in [3.8, 4) is 0 Å². The zero-order valence-corrected chi connectivity index (χ0v) is 12.1. The summed E-state index contributed by atoms with van der Waals surface area (Å²) in [5.41, 5.74) is -0.911. The van der Waals surface area contributed by atoms with Crippen LogP contribution in [0.5, 0.6) is 0 Å². The van der Waals surface area contributed by atoms with Gasteiger partial charge >= 0.3 is 0 Å². The molecule has 0 saturated carbocycles. The number of ether oxygens (including phenoxy) is 1. The number of aliphatic hydroxyl groups is 1. The molecule has 0 bridgehead atoms. The molecule has 1 aliphatic rings. The van der Waals surface area contributed by atoms with Gasteiger partial charge in [-0.3, -0.25) is 9.69 Å². The number of hydrogen-bond donors (Lipinski definition) is 3. The molecule has 1 saturated heterocycles. The van der Waals surface area contributed by atoms with E-state index in [4.69, 9.17) is 4.74 Å². The molecular formula is C13H27N3O3. The minimum absolute atomic E-state index is 0.0282. The average Bonchev–Trinajstić information content (AvgIpc) is 2.63. The second-order valence-electron chi connectivity index (χ2n) is 5.40. The van der Waals surface area contributed by atoms with Crippen molar-refractivity contribution in [3.63, 3.8) is 0 Å². The van der Waals surface area contributed by atoms with Crippen LogP contribution in [0.2, 0.25) is 0 Å². The van der Waals surface area contributed by atoms with Gasteiger partial charge in [-0.1, -0.05) is 0 Å². The van der Waals surface area contributed by atoms with E-state index in [1.807, 2.05) is 0 Å². The zero-order chi connectivity index (χ0) is 14.1. The maximum atomic E-state index is 11.8. The van der Waals surface area contributed by atoms with E-state index in [2.05, 4.69) is 15.5 Å². The summed E-state index contributed by atoms with van der Waals surface area (Å²) in [6, 6.07) is 0. The quantitative estimate of drug-likeness (QED) is 0.565. The van der Waals surface area contributed by atoms with E-state index in [1.54, 1.807) is 14.0 Å². The van der Waals surface area contributed by atoms with Crippen molar-refractivity contribution in [1.29, 1.82) is 0 Å². The first kappa shape index (κ1) is 16.4. The Morgan fingerprint density at radius 1 is 1.47 bits per heavy atom. The smallest absolute Gasteiger partial charge is 0.234 e. The number of carbonyl (C=O) groups excluding carboxylic acids is 1. The van der Waals surface area contributed by atoms with Gasteiger partial charge in [0.15, 0.2) is 0 Å². The highest BCUT2D eigenvalue weighted by Crippen LogP contribution is 2.07. The van der Waals surface area contributed by atoms with E-state index in [1.165, 1.54) is 0 Å². The van der Waals surface area contributed by atoms with Crippen molar-refractivity contribution in [2.24, 2.45) is 0 Å². The van der Waals surface area contributed by atoms with Gasteiger partial charge in [-0.15, -0.1) is 0 Å². The van der Waals surface area contributed by atoms with E-state index in [-0.39, 0.29) is 12.5 Å². The predicted octanol–water partition coefficient (Wildman–Crippen LogP) is -0.815. The Kier molecular flexibility index (Phi) is 7.30. The van der Waals surface area contributed by atoms with Gasteiger partial charge in [-0.25, -0.2) is 0 Å². The van der Waals surface area contributed by atoms with Crippen LogP contribution in [0, 0.1) is 0 Å². The predicted molar refractivity (Wildman–Crippen MR) is 74.1 cm³/mol. The molecule has 1 aliphatic heterocycles. The summed E-state index contributed by atoms with van der Waals surface area (Å²) < 4.78 is 4.93. The maximum Gasteiger partial charge on any atom is 0.234 e. The lowest BCUT2D eigenvalue weighted by atomic mass is 10.0. The minimum atomic E-state index is -0.911. The molecule has 3 N–H and O–H groups in total. The van der Waals surface area contributed by atoms with Gasteiger partial charge < -0.3 is 20.5 Å². The third-order valence-corrected chi connectivity index (χ3v) is 3.31. The number of nitrogens with one attached hydrogen (secondary N) is 2. The van der Waals surface area contributed by atoms with Crippen molar-refractivity contribution in [1.82, 2.24) is 15.5 Å². The lowest BCUT2D eigenvalue weighted by Gasteiger charge is -2.24. The van der Waals surface area contributed by atoms with Crippen LogP contribution < -0.4 is 10.6 Å². The van der Waals surface area contributed by atoms with E-state index < -0.39 is 5.60 Å². The van der Waals surface area contributed by atoms with Gasteiger partial charge in [0.2, 0.25) is 5.91 Å². The molecule has 1 heterocycles. The summed E-state index contributed by atoms with van der Waals surface area (Å²) in [4.78, 5) is 14.0. The Morgan fingerprint density at radius 3 is 3.00 bits per heavy atom. The third kappa shape index (κ3) is 7.47. The Balaban J connectivity index is 2.22. The van der Waals surface area contributed by atoms with Gasteiger partial charge in [0, 0.05) is 39.8 Å². The first-order valence-corrected chi connectivity index (χ1v) is 6.94. The summed E-state index contributed by atoms with van der Waals surface area (Å²) >= 11 is 0. The number of hydrogen-bond acceptors (Lipinski definition) is 5. The highest BCUT2D eigenvalue weighted by Gasteiger charge is 2.21. The van der Waals surface area contributed by atoms with E-state index in [9.17, 15) is 9.90 Å². The third-order valence-electron chi connectivity index (χ3n) is 3.31. The molecule has 112 valence electrons. The normalized spacial score (nSPS) is 20.6. The summed E-state index contributed by atoms with van der Waals surface area (Å²) in [6.45, 7) is 6.66. The molecule has 0 aromatic heterocycles. The molecule has 1 rings (SSSR count). The van der Waals surface area contributed by atoms with Crippen LogP contribution in [0.25, 0.3) is 0 Å². The summed E-state index contributed by atoms with van der Waals surface area (Å²) in [7, 11) is 1.60. The van der Waals surface area contributed by atoms with Crippen molar-refractivity contribution >= 4 is 5.91 Å². The van der Waals surface area contributed by atoms with Gasteiger partial charge in [-0.05, 0) is 26.4 Å². The van der Waals surface area contributed by atoms with Crippen LogP contribution in [-0.4, -0.2) is 74.5 Å². The van der Waals surface area contributed by atoms with E-state index in [0.717, 1.165) is 32.6 Å². The highest BCUT2D eigenvalue weighted by molar-refractivity contribution is 5.78.